The molecule has 3 aromatic rings. The maximum atomic E-state index is 13.4. The number of hydrogen-bond acceptors (Lipinski definition) is 8. The van der Waals surface area contributed by atoms with Crippen LogP contribution in [0.1, 0.15) is 12.8 Å². The lowest BCUT2D eigenvalue weighted by atomic mass is 10.1. The van der Waals surface area contributed by atoms with Crippen molar-refractivity contribution >= 4 is 32.4 Å². The van der Waals surface area contributed by atoms with E-state index in [1.54, 1.807) is 10.4 Å². The van der Waals surface area contributed by atoms with Gasteiger partial charge in [-0.3, -0.25) is 4.90 Å². The van der Waals surface area contributed by atoms with Crippen LogP contribution in [0.25, 0.3) is 10.8 Å². The van der Waals surface area contributed by atoms with Gasteiger partial charge in [-0.1, -0.05) is 36.4 Å². The first-order valence-corrected chi connectivity index (χ1v) is 14.7. The number of piperazine rings is 2. The van der Waals surface area contributed by atoms with Crippen molar-refractivity contribution in [1.82, 2.24) is 19.4 Å². The summed E-state index contributed by atoms with van der Waals surface area (Å²) in [6.45, 7) is 7.83. The van der Waals surface area contributed by atoms with Crippen LogP contribution < -0.4 is 9.80 Å². The van der Waals surface area contributed by atoms with Crippen molar-refractivity contribution in [1.29, 1.82) is 0 Å². The van der Waals surface area contributed by atoms with E-state index in [0.717, 1.165) is 61.7 Å². The van der Waals surface area contributed by atoms with Crippen LogP contribution in [0.5, 0.6) is 0 Å². The van der Waals surface area contributed by atoms with E-state index in [9.17, 15) is 8.42 Å². The number of hydrogen-bond donors (Lipinski definition) is 0. The van der Waals surface area contributed by atoms with Crippen LogP contribution in [-0.4, -0.2) is 99.4 Å². The lowest BCUT2D eigenvalue weighted by molar-refractivity contribution is 0.0712. The second-order valence-electron chi connectivity index (χ2n) is 10.0. The maximum absolute atomic E-state index is 13.4. The number of ether oxygens (including phenoxy) is 1. The van der Waals surface area contributed by atoms with Crippen molar-refractivity contribution in [3.63, 3.8) is 0 Å². The molecule has 0 amide bonds. The first kappa shape index (κ1) is 24.5. The van der Waals surface area contributed by atoms with Crippen LogP contribution in [0.4, 0.5) is 11.6 Å². The smallest absolute Gasteiger partial charge is 0.243 e. The quantitative estimate of drug-likeness (QED) is 0.488. The highest BCUT2D eigenvalue weighted by Gasteiger charge is 2.30. The Morgan fingerprint density at radius 2 is 1.43 bits per heavy atom. The van der Waals surface area contributed by atoms with Gasteiger partial charge in [0, 0.05) is 70.9 Å². The summed E-state index contributed by atoms with van der Waals surface area (Å²) in [5.41, 5.74) is 0. The summed E-state index contributed by atoms with van der Waals surface area (Å²) < 4.78 is 34.3. The highest BCUT2D eigenvalue weighted by atomic mass is 32.2. The van der Waals surface area contributed by atoms with Gasteiger partial charge in [0.2, 0.25) is 10.0 Å². The first-order valence-electron chi connectivity index (χ1n) is 13.2. The molecule has 196 valence electrons. The summed E-state index contributed by atoms with van der Waals surface area (Å²) in [6.07, 6.45) is 2.76. The van der Waals surface area contributed by atoms with Crippen molar-refractivity contribution in [3.8, 4) is 0 Å². The van der Waals surface area contributed by atoms with Crippen LogP contribution in [0, 0.1) is 0 Å². The molecule has 6 rings (SSSR count). The lowest BCUT2D eigenvalue weighted by Gasteiger charge is -2.36. The highest BCUT2D eigenvalue weighted by Crippen LogP contribution is 2.27. The van der Waals surface area contributed by atoms with Crippen molar-refractivity contribution in [3.05, 3.63) is 54.6 Å². The minimum absolute atomic E-state index is 0.374. The van der Waals surface area contributed by atoms with Crippen molar-refractivity contribution in [2.45, 2.75) is 23.8 Å². The Hall–Kier alpha value is -2.79. The molecule has 3 aliphatic rings. The normalized spacial score (nSPS) is 22.1. The molecule has 1 aromatic heterocycles. The molecule has 0 bridgehead atoms. The Bertz CT molecular complexity index is 1310. The second-order valence-corrected chi connectivity index (χ2v) is 11.9. The molecule has 3 saturated heterocycles. The van der Waals surface area contributed by atoms with E-state index < -0.39 is 10.0 Å². The molecule has 0 radical (unpaired) electrons. The Balaban J connectivity index is 1.05. The molecule has 10 heteroatoms. The predicted molar refractivity (Wildman–Crippen MR) is 145 cm³/mol. The Labute approximate surface area is 218 Å². The summed E-state index contributed by atoms with van der Waals surface area (Å²) in [7, 11) is -3.58. The van der Waals surface area contributed by atoms with E-state index in [-0.39, 0.29) is 0 Å². The van der Waals surface area contributed by atoms with Gasteiger partial charge in [-0.15, -0.1) is 10.2 Å². The summed E-state index contributed by atoms with van der Waals surface area (Å²) in [5, 5.41) is 10.7. The molecule has 2 aromatic carbocycles. The van der Waals surface area contributed by atoms with Crippen molar-refractivity contribution < 1.29 is 13.2 Å². The number of nitrogens with zero attached hydrogens (tertiary/aromatic N) is 6. The minimum atomic E-state index is -3.58. The number of rotatable bonds is 6. The van der Waals surface area contributed by atoms with Crippen LogP contribution in [0.2, 0.25) is 0 Å². The summed E-state index contributed by atoms with van der Waals surface area (Å²) in [5.74, 6) is 1.70. The Morgan fingerprint density at radius 3 is 2.08 bits per heavy atom. The van der Waals surface area contributed by atoms with Gasteiger partial charge in [0.25, 0.3) is 0 Å². The van der Waals surface area contributed by atoms with E-state index in [1.165, 1.54) is 12.8 Å². The average molecular weight is 523 g/mol. The van der Waals surface area contributed by atoms with Crippen LogP contribution >= 0.6 is 0 Å². The first-order chi connectivity index (χ1) is 18.1. The number of fused-ring (bicyclic) bond motifs is 1. The van der Waals surface area contributed by atoms with Gasteiger partial charge in [-0.05, 0) is 36.4 Å². The fourth-order valence-corrected chi connectivity index (χ4v) is 7.25. The highest BCUT2D eigenvalue weighted by molar-refractivity contribution is 7.89. The monoisotopic (exact) mass is 522 g/mol. The van der Waals surface area contributed by atoms with Gasteiger partial charge in [0.1, 0.15) is 0 Å². The van der Waals surface area contributed by atoms with E-state index in [4.69, 9.17) is 4.74 Å². The average Bonchev–Trinajstić information content (AvgIpc) is 3.46. The van der Waals surface area contributed by atoms with Gasteiger partial charge in [-0.2, -0.15) is 4.31 Å². The van der Waals surface area contributed by atoms with E-state index in [2.05, 4.69) is 24.9 Å². The number of sulfonamides is 1. The van der Waals surface area contributed by atoms with Gasteiger partial charge in [0.05, 0.1) is 11.0 Å². The molecule has 4 heterocycles. The SMILES string of the molecule is O=S(=O)(c1cccc2ccccc12)N1CCN(c2ccc(N3CCN(CC4CCCO4)CC3)nn2)CC1. The van der Waals surface area contributed by atoms with Gasteiger partial charge in [0.15, 0.2) is 11.6 Å². The fourth-order valence-electron chi connectivity index (χ4n) is 5.61. The van der Waals surface area contributed by atoms with Gasteiger partial charge < -0.3 is 14.5 Å². The van der Waals surface area contributed by atoms with Crippen LogP contribution in [0.15, 0.2) is 59.5 Å². The molecule has 1 unspecified atom stereocenters. The van der Waals surface area contributed by atoms with Crippen molar-refractivity contribution in [2.24, 2.45) is 0 Å². The minimum Gasteiger partial charge on any atom is -0.377 e. The lowest BCUT2D eigenvalue weighted by Crippen LogP contribution is -2.49. The van der Waals surface area contributed by atoms with Crippen molar-refractivity contribution in [2.75, 3.05) is 75.3 Å². The zero-order valence-electron chi connectivity index (χ0n) is 21.1. The third kappa shape index (κ3) is 5.16. The predicted octanol–water partition coefficient (Wildman–Crippen LogP) is 2.44. The Morgan fingerprint density at radius 1 is 0.784 bits per heavy atom. The molecule has 9 nitrogen and oxygen atoms in total. The molecule has 0 spiro atoms. The molecule has 0 N–H and O–H groups in total. The van der Waals surface area contributed by atoms with Crippen LogP contribution in [0.3, 0.4) is 0 Å². The zero-order chi connectivity index (χ0) is 25.2. The number of benzene rings is 2. The zero-order valence-corrected chi connectivity index (χ0v) is 21.9. The molecule has 37 heavy (non-hydrogen) atoms. The largest absolute Gasteiger partial charge is 0.377 e. The fraction of sp³-hybridized carbons (Fsp3) is 0.481. The molecule has 0 aliphatic carbocycles. The molecular weight excluding hydrogens is 488 g/mol. The molecule has 3 fully saturated rings. The summed E-state index contributed by atoms with van der Waals surface area (Å²) in [6, 6.07) is 17.1. The van der Waals surface area contributed by atoms with Gasteiger partial charge >= 0.3 is 0 Å². The summed E-state index contributed by atoms with van der Waals surface area (Å²) in [4.78, 5) is 7.27. The number of anilines is 2. The van der Waals surface area contributed by atoms with E-state index in [1.807, 2.05) is 48.5 Å². The molecule has 1 atom stereocenters. The third-order valence-electron chi connectivity index (χ3n) is 7.75. The topological polar surface area (TPSA) is 82.1 Å². The standard InChI is InChI=1S/C27H34N6O3S/c34-37(35,25-9-3-6-22-5-1-2-8-24(22)25)33-18-16-32(17-19-33)27-11-10-26(28-29-27)31-14-12-30(13-15-31)21-23-7-4-20-36-23/h1-3,5-6,8-11,23H,4,7,12-21H2. The Kier molecular flexibility index (Phi) is 6.98. The summed E-state index contributed by atoms with van der Waals surface area (Å²) >= 11 is 0. The second kappa shape index (κ2) is 10.5. The van der Waals surface area contributed by atoms with Gasteiger partial charge in [-0.25, -0.2) is 8.42 Å². The molecule has 3 aliphatic heterocycles. The molecular formula is C27H34N6O3S. The van der Waals surface area contributed by atoms with Crippen LogP contribution in [-0.2, 0) is 14.8 Å². The number of aromatic nitrogens is 2. The van der Waals surface area contributed by atoms with E-state index in [0.29, 0.717) is 37.2 Å². The molecule has 0 saturated carbocycles. The maximum Gasteiger partial charge on any atom is 0.243 e. The third-order valence-corrected chi connectivity index (χ3v) is 9.71. The van der Waals surface area contributed by atoms with E-state index >= 15 is 0 Å².